The third-order valence-corrected chi connectivity index (χ3v) is 5.40. The lowest BCUT2D eigenvalue weighted by molar-refractivity contribution is 0.0411. The average Bonchev–Trinajstić information content (AvgIpc) is 2.58. The van der Waals surface area contributed by atoms with Crippen molar-refractivity contribution in [2.75, 3.05) is 13.1 Å². The highest BCUT2D eigenvalue weighted by atomic mass is 15.2. The van der Waals surface area contributed by atoms with E-state index in [0.29, 0.717) is 12.0 Å². The molecule has 3 aliphatic rings. The van der Waals surface area contributed by atoms with E-state index in [2.05, 4.69) is 65.6 Å². The summed E-state index contributed by atoms with van der Waals surface area (Å²) in [5.41, 5.74) is 2.95. The van der Waals surface area contributed by atoms with Crippen LogP contribution in [0.2, 0.25) is 0 Å². The number of fused-ring (bicyclic) bond motifs is 3. The van der Waals surface area contributed by atoms with Gasteiger partial charge in [-0.1, -0.05) is 60.7 Å². The molecule has 1 heteroatoms. The van der Waals surface area contributed by atoms with Crippen LogP contribution in [0.1, 0.15) is 36.3 Å². The van der Waals surface area contributed by atoms with Gasteiger partial charge in [-0.3, -0.25) is 4.90 Å². The normalized spacial score (nSPS) is 28.0. The first-order valence-electron chi connectivity index (χ1n) is 8.26. The second-order valence-electron chi connectivity index (χ2n) is 6.58. The number of nitrogens with zero attached hydrogens (tertiary/aromatic N) is 1. The molecule has 0 aromatic heterocycles. The molecule has 1 atom stereocenters. The van der Waals surface area contributed by atoms with E-state index >= 15 is 0 Å². The summed E-state index contributed by atoms with van der Waals surface area (Å²) < 4.78 is 0. The maximum absolute atomic E-state index is 2.74. The van der Waals surface area contributed by atoms with Crippen LogP contribution in [0.5, 0.6) is 0 Å². The molecule has 21 heavy (non-hydrogen) atoms. The van der Waals surface area contributed by atoms with Gasteiger partial charge in [0, 0.05) is 12.0 Å². The van der Waals surface area contributed by atoms with Gasteiger partial charge in [-0.2, -0.15) is 0 Å². The number of hydrogen-bond donors (Lipinski definition) is 0. The molecule has 0 unspecified atom stereocenters. The molecular formula is C20H23N. The fraction of sp³-hybridized carbons (Fsp3) is 0.400. The van der Waals surface area contributed by atoms with E-state index in [1.807, 2.05) is 0 Å². The van der Waals surface area contributed by atoms with Gasteiger partial charge in [0.1, 0.15) is 0 Å². The van der Waals surface area contributed by atoms with Crippen LogP contribution in [-0.2, 0) is 0 Å². The van der Waals surface area contributed by atoms with Gasteiger partial charge >= 0.3 is 0 Å². The first-order valence-corrected chi connectivity index (χ1v) is 8.26. The molecule has 1 nitrogen and oxygen atoms in total. The summed E-state index contributed by atoms with van der Waals surface area (Å²) in [6, 6.07) is 22.9. The number of rotatable bonds is 3. The molecule has 108 valence electrons. The van der Waals surface area contributed by atoms with Gasteiger partial charge in [0.2, 0.25) is 0 Å². The Morgan fingerprint density at radius 2 is 1.29 bits per heavy atom. The Bertz CT molecular complexity index is 530. The van der Waals surface area contributed by atoms with E-state index in [-0.39, 0.29) is 0 Å². The number of hydrogen-bond acceptors (Lipinski definition) is 1. The zero-order chi connectivity index (χ0) is 14.1. The largest absolute Gasteiger partial charge is 0.299 e. The topological polar surface area (TPSA) is 3.24 Å². The summed E-state index contributed by atoms with van der Waals surface area (Å²) >= 11 is 0. The Balaban J connectivity index is 1.74. The van der Waals surface area contributed by atoms with Gasteiger partial charge in [-0.05, 0) is 49.4 Å². The predicted octanol–water partition coefficient (Wildman–Crippen LogP) is 4.30. The van der Waals surface area contributed by atoms with Crippen molar-refractivity contribution in [1.29, 1.82) is 0 Å². The Morgan fingerprint density at radius 1 is 0.762 bits per heavy atom. The molecule has 3 saturated heterocycles. The lowest BCUT2D eigenvalue weighted by atomic mass is 9.74. The van der Waals surface area contributed by atoms with Crippen LogP contribution in [0.4, 0.5) is 0 Å². The van der Waals surface area contributed by atoms with Crippen molar-refractivity contribution in [2.24, 2.45) is 5.92 Å². The average molecular weight is 277 g/mol. The van der Waals surface area contributed by atoms with Crippen LogP contribution in [0.25, 0.3) is 0 Å². The highest BCUT2D eigenvalue weighted by Crippen LogP contribution is 2.41. The third-order valence-electron chi connectivity index (χ3n) is 5.40. The van der Waals surface area contributed by atoms with Crippen LogP contribution in [0.15, 0.2) is 60.7 Å². The van der Waals surface area contributed by atoms with E-state index < -0.39 is 0 Å². The van der Waals surface area contributed by atoms with Crippen molar-refractivity contribution < 1.29 is 0 Å². The molecule has 0 aliphatic carbocycles. The monoisotopic (exact) mass is 277 g/mol. The zero-order valence-electron chi connectivity index (χ0n) is 12.5. The Labute approximate surface area is 127 Å². The van der Waals surface area contributed by atoms with Crippen molar-refractivity contribution in [3.8, 4) is 0 Å². The van der Waals surface area contributed by atoms with Crippen molar-refractivity contribution in [3.63, 3.8) is 0 Å². The van der Waals surface area contributed by atoms with Gasteiger partial charge in [0.25, 0.3) is 0 Å². The molecule has 3 heterocycles. The molecule has 5 rings (SSSR count). The van der Waals surface area contributed by atoms with Crippen molar-refractivity contribution in [2.45, 2.75) is 31.2 Å². The second-order valence-corrected chi connectivity index (χ2v) is 6.58. The van der Waals surface area contributed by atoms with Crippen molar-refractivity contribution in [3.05, 3.63) is 71.8 Å². The summed E-state index contributed by atoms with van der Waals surface area (Å²) in [7, 11) is 0. The van der Waals surface area contributed by atoms with Gasteiger partial charge in [-0.25, -0.2) is 0 Å². The zero-order valence-corrected chi connectivity index (χ0v) is 12.5. The minimum atomic E-state index is 0.524. The molecule has 0 radical (unpaired) electrons. The second kappa shape index (κ2) is 5.65. The summed E-state index contributed by atoms with van der Waals surface area (Å²) in [6.45, 7) is 2.59. The molecule has 3 fully saturated rings. The minimum absolute atomic E-state index is 0.524. The Kier molecular flexibility index (Phi) is 3.52. The van der Waals surface area contributed by atoms with Crippen LogP contribution in [0, 0.1) is 5.92 Å². The summed E-state index contributed by atoms with van der Waals surface area (Å²) in [6.07, 6.45) is 4.19. The first-order chi connectivity index (χ1) is 10.4. The predicted molar refractivity (Wildman–Crippen MR) is 87.4 cm³/mol. The molecule has 0 spiro atoms. The van der Waals surface area contributed by atoms with Crippen LogP contribution >= 0.6 is 0 Å². The maximum atomic E-state index is 2.74. The highest BCUT2D eigenvalue weighted by molar-refractivity contribution is 5.34. The molecule has 0 N–H and O–H groups in total. The van der Waals surface area contributed by atoms with Crippen molar-refractivity contribution >= 4 is 0 Å². The molecule has 2 aromatic rings. The van der Waals surface area contributed by atoms with E-state index in [4.69, 9.17) is 0 Å². The molecule has 3 aliphatic heterocycles. The quantitative estimate of drug-likeness (QED) is 0.808. The molecule has 2 bridgehead atoms. The van der Waals surface area contributed by atoms with Gasteiger partial charge in [0.05, 0.1) is 0 Å². The van der Waals surface area contributed by atoms with Crippen LogP contribution < -0.4 is 0 Å². The van der Waals surface area contributed by atoms with Crippen molar-refractivity contribution in [1.82, 2.24) is 4.90 Å². The Morgan fingerprint density at radius 3 is 1.71 bits per heavy atom. The fourth-order valence-corrected chi connectivity index (χ4v) is 4.32. The van der Waals surface area contributed by atoms with E-state index in [0.717, 1.165) is 5.92 Å². The highest BCUT2D eigenvalue weighted by Gasteiger charge is 2.38. The molecule has 2 aromatic carbocycles. The summed E-state index contributed by atoms with van der Waals surface area (Å²) in [5.74, 6) is 1.48. The third kappa shape index (κ3) is 2.51. The maximum Gasteiger partial charge on any atom is 0.0245 e. The standard InChI is InChI=1S/C20H23N/c1-3-7-17(8-4-1)20(18-9-5-2-6-10-18)19-15-16-11-13-21(19)14-12-16/h1-10,16,19-20H,11-15H2/t19-/m1/s1. The van der Waals surface area contributed by atoms with E-state index in [1.54, 1.807) is 0 Å². The van der Waals surface area contributed by atoms with Crippen LogP contribution in [-0.4, -0.2) is 24.0 Å². The molecule has 0 saturated carbocycles. The summed E-state index contributed by atoms with van der Waals surface area (Å²) in [4.78, 5) is 2.74. The van der Waals surface area contributed by atoms with Gasteiger partial charge < -0.3 is 0 Å². The lowest BCUT2D eigenvalue weighted by Gasteiger charge is -2.48. The SMILES string of the molecule is c1ccc(C(c2ccccc2)[C@H]2CC3CCN2CC3)cc1. The smallest absolute Gasteiger partial charge is 0.0245 e. The van der Waals surface area contributed by atoms with E-state index in [1.165, 1.54) is 43.5 Å². The van der Waals surface area contributed by atoms with Gasteiger partial charge in [0.15, 0.2) is 0 Å². The minimum Gasteiger partial charge on any atom is -0.299 e. The fourth-order valence-electron chi connectivity index (χ4n) is 4.32. The first kappa shape index (κ1) is 13.1. The lowest BCUT2D eigenvalue weighted by Crippen LogP contribution is -2.51. The van der Waals surface area contributed by atoms with Gasteiger partial charge in [-0.15, -0.1) is 0 Å². The molecule has 0 amide bonds. The molecular weight excluding hydrogens is 254 g/mol. The van der Waals surface area contributed by atoms with E-state index in [9.17, 15) is 0 Å². The van der Waals surface area contributed by atoms with Crippen LogP contribution in [0.3, 0.4) is 0 Å². The summed E-state index contributed by atoms with van der Waals surface area (Å²) in [5, 5.41) is 0. The Hall–Kier alpha value is -1.60. The number of benzene rings is 2. The number of piperidine rings is 3.